The first kappa shape index (κ1) is 23.4. The van der Waals surface area contributed by atoms with E-state index in [1.165, 1.54) is 31.4 Å². The lowest BCUT2D eigenvalue weighted by molar-refractivity contribution is 0.0569. The highest BCUT2D eigenvalue weighted by Gasteiger charge is 2.33. The van der Waals surface area contributed by atoms with Crippen molar-refractivity contribution in [2.45, 2.75) is 69.7 Å². The molecule has 2 fully saturated rings. The SMILES string of the molecule is Fc1ccc([C@@H](c2nnnn2C2CCCCC2)N(Cc2ccc(Cl)cc2)C[C@@H]2CCCO2)cc1. The van der Waals surface area contributed by atoms with E-state index in [4.69, 9.17) is 16.3 Å². The fourth-order valence-electron chi connectivity index (χ4n) is 5.27. The maximum atomic E-state index is 13.9. The standard InChI is InChI=1S/C26H31ClFN5O/c27-21-12-8-19(9-13-21)17-32(18-24-7-4-16-34-24)25(20-10-14-22(28)15-11-20)26-29-30-31-33(26)23-5-2-1-3-6-23/h8-15,23-25H,1-7,16-18H2/t24-,25-/m0/s1. The molecule has 2 heterocycles. The number of halogens is 2. The van der Waals surface area contributed by atoms with Gasteiger partial charge in [0.25, 0.3) is 0 Å². The molecule has 1 saturated heterocycles. The minimum Gasteiger partial charge on any atom is -0.377 e. The molecule has 2 aliphatic rings. The summed E-state index contributed by atoms with van der Waals surface area (Å²) in [7, 11) is 0. The molecule has 0 N–H and O–H groups in total. The molecule has 2 aromatic carbocycles. The van der Waals surface area contributed by atoms with Crippen molar-refractivity contribution in [3.05, 3.63) is 76.3 Å². The van der Waals surface area contributed by atoms with Gasteiger partial charge < -0.3 is 4.74 Å². The third-order valence-corrected chi connectivity index (χ3v) is 7.25. The van der Waals surface area contributed by atoms with Gasteiger partial charge in [0.05, 0.1) is 18.2 Å². The van der Waals surface area contributed by atoms with Crippen LogP contribution in [0.2, 0.25) is 5.02 Å². The van der Waals surface area contributed by atoms with Crippen molar-refractivity contribution >= 4 is 11.6 Å². The zero-order valence-electron chi connectivity index (χ0n) is 19.3. The number of tetrazole rings is 1. The summed E-state index contributed by atoms with van der Waals surface area (Å²) in [5.41, 5.74) is 2.12. The molecule has 1 aliphatic heterocycles. The second kappa shape index (κ2) is 10.9. The third-order valence-electron chi connectivity index (χ3n) is 7.00. The van der Waals surface area contributed by atoms with Crippen LogP contribution in [0.5, 0.6) is 0 Å². The lowest BCUT2D eigenvalue weighted by Crippen LogP contribution is -2.37. The Morgan fingerprint density at radius 1 is 1.00 bits per heavy atom. The van der Waals surface area contributed by atoms with Crippen LogP contribution in [0.1, 0.15) is 74.0 Å². The topological polar surface area (TPSA) is 56.1 Å². The van der Waals surface area contributed by atoms with Crippen molar-refractivity contribution in [2.75, 3.05) is 13.2 Å². The van der Waals surface area contributed by atoms with Crippen LogP contribution in [0.3, 0.4) is 0 Å². The lowest BCUT2D eigenvalue weighted by Gasteiger charge is -2.34. The van der Waals surface area contributed by atoms with E-state index < -0.39 is 0 Å². The van der Waals surface area contributed by atoms with Crippen LogP contribution < -0.4 is 0 Å². The largest absolute Gasteiger partial charge is 0.377 e. The van der Waals surface area contributed by atoms with Crippen molar-refractivity contribution in [3.63, 3.8) is 0 Å². The smallest absolute Gasteiger partial charge is 0.173 e. The molecule has 1 aliphatic carbocycles. The average Bonchev–Trinajstić information content (AvgIpc) is 3.55. The van der Waals surface area contributed by atoms with E-state index in [0.717, 1.165) is 55.8 Å². The van der Waals surface area contributed by atoms with Crippen molar-refractivity contribution < 1.29 is 9.13 Å². The van der Waals surface area contributed by atoms with Crippen molar-refractivity contribution in [1.29, 1.82) is 0 Å². The van der Waals surface area contributed by atoms with Gasteiger partial charge in [-0.15, -0.1) is 5.10 Å². The van der Waals surface area contributed by atoms with Crippen molar-refractivity contribution in [3.8, 4) is 0 Å². The Morgan fingerprint density at radius 2 is 1.76 bits per heavy atom. The summed E-state index contributed by atoms with van der Waals surface area (Å²) in [6.07, 6.45) is 8.05. The van der Waals surface area contributed by atoms with Crippen LogP contribution in [-0.2, 0) is 11.3 Å². The lowest BCUT2D eigenvalue weighted by atomic mass is 9.95. The van der Waals surface area contributed by atoms with Crippen molar-refractivity contribution in [1.82, 2.24) is 25.1 Å². The molecule has 0 unspecified atom stereocenters. The van der Waals surface area contributed by atoms with Crippen LogP contribution >= 0.6 is 11.6 Å². The molecule has 1 saturated carbocycles. The van der Waals surface area contributed by atoms with Crippen molar-refractivity contribution in [2.24, 2.45) is 0 Å². The Kier molecular flexibility index (Phi) is 7.52. The molecule has 5 rings (SSSR count). The molecule has 6 nitrogen and oxygen atoms in total. The fraction of sp³-hybridized carbons (Fsp3) is 0.500. The van der Waals surface area contributed by atoms with Crippen LogP contribution in [0, 0.1) is 5.82 Å². The fourth-order valence-corrected chi connectivity index (χ4v) is 5.40. The second-order valence-corrected chi connectivity index (χ2v) is 9.85. The zero-order chi connectivity index (χ0) is 23.3. The quantitative estimate of drug-likeness (QED) is 0.409. The molecule has 3 aromatic rings. The molecule has 0 bridgehead atoms. The maximum absolute atomic E-state index is 13.9. The van der Waals surface area contributed by atoms with E-state index in [1.54, 1.807) is 0 Å². The normalized spacial score (nSPS) is 20.1. The van der Waals surface area contributed by atoms with Gasteiger partial charge in [0.2, 0.25) is 0 Å². The number of aromatic nitrogens is 4. The molecule has 0 spiro atoms. The van der Waals surface area contributed by atoms with Gasteiger partial charge >= 0.3 is 0 Å². The predicted molar refractivity (Wildman–Crippen MR) is 129 cm³/mol. The minimum absolute atomic E-state index is 0.147. The van der Waals surface area contributed by atoms with E-state index in [0.29, 0.717) is 17.6 Å². The number of benzene rings is 2. The van der Waals surface area contributed by atoms with E-state index in [-0.39, 0.29) is 18.0 Å². The summed E-state index contributed by atoms with van der Waals surface area (Å²) < 4.78 is 21.9. The Hall–Kier alpha value is -2.35. The van der Waals surface area contributed by atoms with E-state index >= 15 is 0 Å². The van der Waals surface area contributed by atoms with E-state index in [1.807, 2.05) is 28.9 Å². The van der Waals surface area contributed by atoms with Gasteiger partial charge in [-0.2, -0.15) is 0 Å². The van der Waals surface area contributed by atoms with Gasteiger partial charge in [0.15, 0.2) is 5.82 Å². The summed E-state index contributed by atoms with van der Waals surface area (Å²) >= 11 is 6.15. The average molecular weight is 484 g/mol. The maximum Gasteiger partial charge on any atom is 0.173 e. The number of rotatable bonds is 8. The monoisotopic (exact) mass is 483 g/mol. The minimum atomic E-state index is -0.252. The molecular weight excluding hydrogens is 453 g/mol. The molecule has 8 heteroatoms. The van der Waals surface area contributed by atoms with Crippen LogP contribution in [0.25, 0.3) is 0 Å². The third kappa shape index (κ3) is 5.48. The molecule has 1 aromatic heterocycles. The summed E-state index contributed by atoms with van der Waals surface area (Å²) in [5.74, 6) is 0.559. The predicted octanol–water partition coefficient (Wildman–Crippen LogP) is 5.74. The molecule has 0 radical (unpaired) electrons. The zero-order valence-corrected chi connectivity index (χ0v) is 20.1. The number of hydrogen-bond acceptors (Lipinski definition) is 5. The Labute approximate surface area is 205 Å². The van der Waals surface area contributed by atoms with E-state index in [2.05, 4.69) is 32.6 Å². The van der Waals surface area contributed by atoms with Gasteiger partial charge in [-0.05, 0) is 71.5 Å². The molecule has 2 atom stereocenters. The van der Waals surface area contributed by atoms with Gasteiger partial charge in [0.1, 0.15) is 5.82 Å². The first-order valence-electron chi connectivity index (χ1n) is 12.3. The summed E-state index contributed by atoms with van der Waals surface area (Å²) in [6.45, 7) is 2.21. The summed E-state index contributed by atoms with van der Waals surface area (Å²) in [4.78, 5) is 2.37. The number of nitrogens with zero attached hydrogens (tertiary/aromatic N) is 5. The molecular formula is C26H31ClFN5O. The van der Waals surface area contributed by atoms with Crippen LogP contribution in [-0.4, -0.2) is 44.4 Å². The number of ether oxygens (including phenoxy) is 1. The Balaban J connectivity index is 1.55. The Bertz CT molecular complexity index is 1050. The van der Waals surface area contributed by atoms with Gasteiger partial charge in [-0.25, -0.2) is 9.07 Å². The molecule has 34 heavy (non-hydrogen) atoms. The highest BCUT2D eigenvalue weighted by atomic mass is 35.5. The first-order chi connectivity index (χ1) is 16.7. The Morgan fingerprint density at radius 3 is 2.47 bits per heavy atom. The van der Waals surface area contributed by atoms with Gasteiger partial charge in [-0.3, -0.25) is 4.90 Å². The van der Waals surface area contributed by atoms with Gasteiger partial charge in [-0.1, -0.05) is 55.1 Å². The highest BCUT2D eigenvalue weighted by Crippen LogP contribution is 2.35. The summed E-state index contributed by atoms with van der Waals surface area (Å²) in [6, 6.07) is 14.7. The highest BCUT2D eigenvalue weighted by molar-refractivity contribution is 6.30. The first-order valence-corrected chi connectivity index (χ1v) is 12.7. The number of hydrogen-bond donors (Lipinski definition) is 0. The van der Waals surface area contributed by atoms with E-state index in [9.17, 15) is 4.39 Å². The van der Waals surface area contributed by atoms with Gasteiger partial charge in [0, 0.05) is 24.7 Å². The van der Waals surface area contributed by atoms with Crippen LogP contribution in [0.4, 0.5) is 4.39 Å². The molecule has 180 valence electrons. The summed E-state index contributed by atoms with van der Waals surface area (Å²) in [5, 5.41) is 13.8. The van der Waals surface area contributed by atoms with Crippen LogP contribution in [0.15, 0.2) is 48.5 Å². The second-order valence-electron chi connectivity index (χ2n) is 9.42. The molecule has 0 amide bonds.